The Kier molecular flexibility index (Phi) is 3.78. The second-order valence-electron chi connectivity index (χ2n) is 4.84. The summed E-state index contributed by atoms with van der Waals surface area (Å²) in [4.78, 5) is 24.4. The number of hydrogen-bond acceptors (Lipinski definition) is 3. The van der Waals surface area contributed by atoms with E-state index in [1.54, 1.807) is 18.9 Å². The highest BCUT2D eigenvalue weighted by atomic mass is 16.4. The van der Waals surface area contributed by atoms with Gasteiger partial charge in [0.15, 0.2) is 0 Å². The predicted octanol–water partition coefficient (Wildman–Crippen LogP) is 1.98. The topological polar surface area (TPSA) is 82.8 Å². The van der Waals surface area contributed by atoms with Gasteiger partial charge in [0, 0.05) is 13.1 Å². The summed E-state index contributed by atoms with van der Waals surface area (Å²) in [5, 5.41) is 11.6. The lowest BCUT2D eigenvalue weighted by Crippen LogP contribution is -2.46. The van der Waals surface area contributed by atoms with Crippen LogP contribution in [0.5, 0.6) is 0 Å². The van der Waals surface area contributed by atoms with Crippen LogP contribution in [0.25, 0.3) is 0 Å². The van der Waals surface area contributed by atoms with Crippen molar-refractivity contribution in [2.75, 3.05) is 7.05 Å². The van der Waals surface area contributed by atoms with Crippen molar-refractivity contribution in [3.63, 3.8) is 0 Å². The molecule has 0 atom stereocenters. The molecule has 1 aliphatic carbocycles. The molecule has 1 aromatic rings. The molecule has 0 radical (unpaired) electrons. The minimum Gasteiger partial charge on any atom is -0.478 e. The molecule has 0 unspecified atom stereocenters. The summed E-state index contributed by atoms with van der Waals surface area (Å²) in [6.07, 6.45) is 3.27. The molecule has 0 bridgehead atoms. The van der Waals surface area contributed by atoms with Crippen LogP contribution >= 0.6 is 0 Å². The summed E-state index contributed by atoms with van der Waals surface area (Å²) < 4.78 is 5.29. The van der Waals surface area contributed by atoms with E-state index in [1.165, 1.54) is 12.5 Å². The summed E-state index contributed by atoms with van der Waals surface area (Å²) in [5.74, 6) is -0.222. The fourth-order valence-corrected chi connectivity index (χ4v) is 2.07. The zero-order valence-corrected chi connectivity index (χ0v) is 11.1. The predicted molar refractivity (Wildman–Crippen MR) is 68.0 cm³/mol. The van der Waals surface area contributed by atoms with Gasteiger partial charge in [-0.05, 0) is 32.3 Å². The minimum atomic E-state index is -1.02. The number of nitrogens with zero attached hydrogens (tertiary/aromatic N) is 1. The number of aromatic carboxylic acids is 1. The summed E-state index contributed by atoms with van der Waals surface area (Å²) in [6, 6.07) is 1.62. The molecule has 19 heavy (non-hydrogen) atoms. The fraction of sp³-hybridized carbons (Fsp3) is 0.538. The molecule has 1 heterocycles. The van der Waals surface area contributed by atoms with Gasteiger partial charge in [-0.3, -0.25) is 0 Å². The lowest BCUT2D eigenvalue weighted by Gasteiger charge is -2.34. The average Bonchev–Trinajstić information content (AvgIpc) is 2.65. The van der Waals surface area contributed by atoms with E-state index < -0.39 is 5.97 Å². The van der Waals surface area contributed by atoms with Gasteiger partial charge in [0.2, 0.25) is 0 Å². The Labute approximate surface area is 111 Å². The second-order valence-corrected chi connectivity index (χ2v) is 4.84. The van der Waals surface area contributed by atoms with E-state index in [1.807, 2.05) is 0 Å². The van der Waals surface area contributed by atoms with E-state index in [0.717, 1.165) is 12.8 Å². The molecular weight excluding hydrogens is 248 g/mol. The highest BCUT2D eigenvalue weighted by Crippen LogP contribution is 2.23. The molecule has 104 valence electrons. The van der Waals surface area contributed by atoms with Crippen LogP contribution in [-0.4, -0.2) is 35.1 Å². The molecule has 2 N–H and O–H groups in total. The van der Waals surface area contributed by atoms with Crippen molar-refractivity contribution in [1.29, 1.82) is 0 Å². The smallest absolute Gasteiger partial charge is 0.339 e. The van der Waals surface area contributed by atoms with Gasteiger partial charge in [0.1, 0.15) is 17.1 Å². The first-order chi connectivity index (χ1) is 8.99. The van der Waals surface area contributed by atoms with Crippen LogP contribution in [0.1, 0.15) is 41.1 Å². The largest absolute Gasteiger partial charge is 0.478 e. The van der Waals surface area contributed by atoms with E-state index in [-0.39, 0.29) is 18.1 Å². The van der Waals surface area contributed by atoms with Crippen LogP contribution < -0.4 is 5.32 Å². The Balaban J connectivity index is 1.89. The van der Waals surface area contributed by atoms with Crippen LogP contribution in [0, 0.1) is 6.92 Å². The molecule has 1 aromatic heterocycles. The molecule has 6 nitrogen and oxygen atoms in total. The van der Waals surface area contributed by atoms with Gasteiger partial charge in [-0.15, -0.1) is 0 Å². The molecule has 2 amide bonds. The first-order valence-electron chi connectivity index (χ1n) is 6.32. The van der Waals surface area contributed by atoms with Gasteiger partial charge in [-0.2, -0.15) is 0 Å². The number of carboxylic acid groups (broad SMARTS) is 1. The zero-order chi connectivity index (χ0) is 14.0. The zero-order valence-electron chi connectivity index (χ0n) is 11.1. The summed E-state index contributed by atoms with van der Waals surface area (Å²) in [7, 11) is 1.77. The van der Waals surface area contributed by atoms with Crippen LogP contribution in [-0.2, 0) is 6.54 Å². The second kappa shape index (κ2) is 5.34. The number of aryl methyl sites for hydroxylation is 1. The number of amides is 2. The molecule has 1 saturated carbocycles. The van der Waals surface area contributed by atoms with Gasteiger partial charge in [-0.25, -0.2) is 9.59 Å². The minimum absolute atomic E-state index is 0.136. The highest BCUT2D eigenvalue weighted by Gasteiger charge is 2.25. The first kappa shape index (κ1) is 13.5. The van der Waals surface area contributed by atoms with Crippen LogP contribution in [0.3, 0.4) is 0 Å². The summed E-state index contributed by atoms with van der Waals surface area (Å²) >= 11 is 0. The Morgan fingerprint density at radius 3 is 2.68 bits per heavy atom. The fourth-order valence-electron chi connectivity index (χ4n) is 2.07. The molecule has 2 rings (SSSR count). The lowest BCUT2D eigenvalue weighted by molar-refractivity contribution is 0.0695. The average molecular weight is 266 g/mol. The molecule has 0 spiro atoms. The van der Waals surface area contributed by atoms with E-state index >= 15 is 0 Å². The number of carbonyl (C=O) groups is 2. The number of urea groups is 1. The molecular formula is C13H18N2O4. The van der Waals surface area contributed by atoms with E-state index in [4.69, 9.17) is 9.52 Å². The Morgan fingerprint density at radius 1 is 1.53 bits per heavy atom. The van der Waals surface area contributed by atoms with Crippen molar-refractivity contribution in [3.05, 3.63) is 23.2 Å². The van der Waals surface area contributed by atoms with Gasteiger partial charge in [0.25, 0.3) is 0 Å². The Morgan fingerprint density at radius 2 is 2.21 bits per heavy atom. The van der Waals surface area contributed by atoms with Gasteiger partial charge in [-0.1, -0.05) is 0 Å². The molecule has 1 aliphatic rings. The van der Waals surface area contributed by atoms with Crippen molar-refractivity contribution in [2.24, 2.45) is 0 Å². The molecule has 0 saturated heterocycles. The molecule has 0 aliphatic heterocycles. The number of nitrogens with one attached hydrogen (secondary N) is 1. The van der Waals surface area contributed by atoms with Crippen molar-refractivity contribution in [2.45, 2.75) is 38.8 Å². The van der Waals surface area contributed by atoms with E-state index in [2.05, 4.69) is 5.32 Å². The third kappa shape index (κ3) is 2.89. The van der Waals surface area contributed by atoms with E-state index in [9.17, 15) is 9.59 Å². The Hall–Kier alpha value is -1.98. The van der Waals surface area contributed by atoms with Gasteiger partial charge >= 0.3 is 12.0 Å². The highest BCUT2D eigenvalue weighted by molar-refractivity contribution is 5.88. The number of rotatable bonds is 4. The number of carboxylic acids is 1. The number of hydrogen-bond donors (Lipinski definition) is 2. The Bertz CT molecular complexity index is 491. The van der Waals surface area contributed by atoms with Crippen molar-refractivity contribution in [1.82, 2.24) is 10.2 Å². The lowest BCUT2D eigenvalue weighted by atomic mass is 9.92. The van der Waals surface area contributed by atoms with Crippen molar-refractivity contribution in [3.8, 4) is 0 Å². The van der Waals surface area contributed by atoms with Crippen molar-refractivity contribution < 1.29 is 19.1 Å². The van der Waals surface area contributed by atoms with Crippen LogP contribution in [0.2, 0.25) is 0 Å². The molecule has 1 fully saturated rings. The maximum Gasteiger partial charge on any atom is 0.339 e. The maximum atomic E-state index is 11.8. The third-order valence-corrected chi connectivity index (χ3v) is 3.56. The van der Waals surface area contributed by atoms with Gasteiger partial charge < -0.3 is 19.7 Å². The SMILES string of the molecule is Cc1oc(CNC(=O)N(C)C2CCC2)cc1C(=O)O. The number of carbonyl (C=O) groups excluding carboxylic acids is 1. The van der Waals surface area contributed by atoms with E-state index in [0.29, 0.717) is 17.6 Å². The first-order valence-corrected chi connectivity index (χ1v) is 6.32. The maximum absolute atomic E-state index is 11.8. The molecule has 0 aromatic carbocycles. The monoisotopic (exact) mass is 266 g/mol. The van der Waals surface area contributed by atoms with Crippen molar-refractivity contribution >= 4 is 12.0 Å². The number of furan rings is 1. The quantitative estimate of drug-likeness (QED) is 0.873. The van der Waals surface area contributed by atoms with Crippen LogP contribution in [0.15, 0.2) is 10.5 Å². The summed E-state index contributed by atoms with van der Waals surface area (Å²) in [5.41, 5.74) is 0.136. The summed E-state index contributed by atoms with van der Waals surface area (Å²) in [6.45, 7) is 1.79. The third-order valence-electron chi connectivity index (χ3n) is 3.56. The normalized spacial score (nSPS) is 14.8. The molecule has 6 heteroatoms. The van der Waals surface area contributed by atoms with Gasteiger partial charge in [0.05, 0.1) is 6.54 Å². The standard InChI is InChI=1S/C13H18N2O4/c1-8-11(12(16)17)6-10(19-8)7-14-13(18)15(2)9-4-3-5-9/h6,9H,3-5,7H2,1-2H3,(H,14,18)(H,16,17). The van der Waals surface area contributed by atoms with Crippen LogP contribution in [0.4, 0.5) is 4.79 Å².